The average molecular weight is 293 g/mol. The Morgan fingerprint density at radius 3 is 3.10 bits per heavy atom. The Morgan fingerprint density at radius 2 is 2.35 bits per heavy atom. The molecule has 108 valence electrons. The molecule has 3 rings (SSSR count). The molecule has 3 unspecified atom stereocenters. The Morgan fingerprint density at radius 1 is 1.50 bits per heavy atom. The van der Waals surface area contributed by atoms with Gasteiger partial charge in [-0.2, -0.15) is 0 Å². The van der Waals surface area contributed by atoms with Crippen LogP contribution in [0.1, 0.15) is 30.7 Å². The third kappa shape index (κ3) is 2.70. The summed E-state index contributed by atoms with van der Waals surface area (Å²) in [4.78, 5) is 14.7. The van der Waals surface area contributed by atoms with Gasteiger partial charge in [-0.3, -0.25) is 4.79 Å². The molecule has 0 aromatic heterocycles. The molecule has 0 bridgehead atoms. The van der Waals surface area contributed by atoms with Crippen molar-refractivity contribution in [3.63, 3.8) is 0 Å². The van der Waals surface area contributed by atoms with Gasteiger partial charge in [0.2, 0.25) is 5.91 Å². The van der Waals surface area contributed by atoms with Gasteiger partial charge in [0.05, 0.1) is 0 Å². The van der Waals surface area contributed by atoms with Crippen molar-refractivity contribution in [2.75, 3.05) is 20.1 Å². The summed E-state index contributed by atoms with van der Waals surface area (Å²) in [6.07, 6.45) is 3.23. The molecule has 4 heteroatoms. The molecule has 2 fully saturated rings. The van der Waals surface area contributed by atoms with Gasteiger partial charge < -0.3 is 10.2 Å². The van der Waals surface area contributed by atoms with Crippen LogP contribution in [0.4, 0.5) is 0 Å². The topological polar surface area (TPSA) is 32.3 Å². The largest absolute Gasteiger partial charge is 0.338 e. The predicted molar refractivity (Wildman–Crippen MR) is 81.0 cm³/mol. The van der Waals surface area contributed by atoms with Gasteiger partial charge in [0.15, 0.2) is 0 Å². The first-order chi connectivity index (χ1) is 9.70. The van der Waals surface area contributed by atoms with Gasteiger partial charge in [0.1, 0.15) is 0 Å². The number of nitrogens with zero attached hydrogens (tertiary/aromatic N) is 1. The minimum Gasteiger partial charge on any atom is -0.338 e. The van der Waals surface area contributed by atoms with Crippen LogP contribution >= 0.6 is 11.6 Å². The zero-order chi connectivity index (χ0) is 14.1. The smallest absolute Gasteiger partial charge is 0.226 e. The van der Waals surface area contributed by atoms with Crippen molar-refractivity contribution >= 4 is 17.5 Å². The fraction of sp³-hybridized carbons (Fsp3) is 0.562. The molecule has 1 aromatic rings. The van der Waals surface area contributed by atoms with E-state index in [1.54, 1.807) is 0 Å². The van der Waals surface area contributed by atoms with Crippen LogP contribution in [-0.4, -0.2) is 37.0 Å². The average Bonchev–Trinajstić information content (AvgIpc) is 3.11. The molecule has 3 nitrogen and oxygen atoms in total. The molecule has 0 spiro atoms. The summed E-state index contributed by atoms with van der Waals surface area (Å²) in [7, 11) is 1.95. The van der Waals surface area contributed by atoms with Crippen LogP contribution in [0, 0.1) is 5.92 Å². The Bertz CT molecular complexity index is 505. The van der Waals surface area contributed by atoms with E-state index in [0.717, 1.165) is 37.4 Å². The maximum atomic E-state index is 12.6. The lowest BCUT2D eigenvalue weighted by Gasteiger charge is -2.24. The Balaban J connectivity index is 1.65. The number of carbonyl (C=O) groups is 1. The molecular formula is C16H21ClN2O. The normalized spacial score (nSPS) is 28.7. The van der Waals surface area contributed by atoms with Crippen LogP contribution in [0.2, 0.25) is 5.02 Å². The summed E-state index contributed by atoms with van der Waals surface area (Å²) in [5, 5.41) is 3.95. The van der Waals surface area contributed by atoms with Crippen molar-refractivity contribution in [2.24, 2.45) is 5.92 Å². The maximum absolute atomic E-state index is 12.6. The van der Waals surface area contributed by atoms with Gasteiger partial charge in [-0.25, -0.2) is 0 Å². The second-order valence-corrected chi connectivity index (χ2v) is 6.33. The van der Waals surface area contributed by atoms with E-state index in [-0.39, 0.29) is 5.92 Å². The van der Waals surface area contributed by atoms with E-state index in [4.69, 9.17) is 11.6 Å². The van der Waals surface area contributed by atoms with Crippen LogP contribution in [0.3, 0.4) is 0 Å². The van der Waals surface area contributed by atoms with Gasteiger partial charge in [-0.15, -0.1) is 0 Å². The number of likely N-dealkylation sites (N-methyl/N-ethyl adjacent to an activating group) is 1. The molecule has 3 atom stereocenters. The highest BCUT2D eigenvalue weighted by Crippen LogP contribution is 2.49. The third-order valence-electron chi connectivity index (χ3n) is 4.48. The van der Waals surface area contributed by atoms with E-state index in [2.05, 4.69) is 16.3 Å². The molecule has 1 saturated carbocycles. The Labute approximate surface area is 125 Å². The number of rotatable bonds is 4. The number of benzene rings is 1. The third-order valence-corrected chi connectivity index (χ3v) is 4.72. The molecule has 1 amide bonds. The van der Waals surface area contributed by atoms with Gasteiger partial charge >= 0.3 is 0 Å². The summed E-state index contributed by atoms with van der Waals surface area (Å²) >= 11 is 6.03. The van der Waals surface area contributed by atoms with E-state index >= 15 is 0 Å². The Kier molecular flexibility index (Phi) is 3.99. The number of amides is 1. The monoisotopic (exact) mass is 292 g/mol. The fourth-order valence-electron chi connectivity index (χ4n) is 3.36. The lowest BCUT2D eigenvalue weighted by atomic mass is 10.1. The minimum atomic E-state index is 0.172. The van der Waals surface area contributed by atoms with E-state index in [9.17, 15) is 4.79 Å². The van der Waals surface area contributed by atoms with Gasteiger partial charge in [0, 0.05) is 30.1 Å². The molecule has 1 aliphatic carbocycles. The highest BCUT2D eigenvalue weighted by Gasteiger charge is 2.47. The fourth-order valence-corrected chi connectivity index (χ4v) is 3.56. The molecule has 1 aromatic carbocycles. The molecular weight excluding hydrogens is 272 g/mol. The molecule has 1 aliphatic heterocycles. The molecule has 0 radical (unpaired) electrons. The number of hydrogen-bond donors (Lipinski definition) is 1. The van der Waals surface area contributed by atoms with Crippen molar-refractivity contribution in [1.82, 2.24) is 10.2 Å². The first kappa shape index (κ1) is 13.9. The number of nitrogens with one attached hydrogen (secondary N) is 1. The van der Waals surface area contributed by atoms with E-state index in [0.29, 0.717) is 17.9 Å². The summed E-state index contributed by atoms with van der Waals surface area (Å²) < 4.78 is 0. The highest BCUT2D eigenvalue weighted by molar-refractivity contribution is 6.30. The van der Waals surface area contributed by atoms with Crippen LogP contribution in [-0.2, 0) is 4.79 Å². The van der Waals surface area contributed by atoms with Crippen LogP contribution in [0.5, 0.6) is 0 Å². The lowest BCUT2D eigenvalue weighted by Crippen LogP contribution is -2.41. The van der Waals surface area contributed by atoms with Crippen molar-refractivity contribution in [2.45, 2.75) is 31.2 Å². The molecule has 20 heavy (non-hydrogen) atoms. The SMILES string of the molecule is CNCC1CCCN1C(=O)C1CC1c1cccc(Cl)c1. The zero-order valence-electron chi connectivity index (χ0n) is 11.8. The summed E-state index contributed by atoms with van der Waals surface area (Å²) in [5.41, 5.74) is 1.21. The minimum absolute atomic E-state index is 0.172. The van der Waals surface area contributed by atoms with Crippen LogP contribution in [0.25, 0.3) is 0 Å². The van der Waals surface area contributed by atoms with Crippen molar-refractivity contribution in [1.29, 1.82) is 0 Å². The van der Waals surface area contributed by atoms with Crippen LogP contribution in [0.15, 0.2) is 24.3 Å². The quantitative estimate of drug-likeness (QED) is 0.925. The highest BCUT2D eigenvalue weighted by atomic mass is 35.5. The van der Waals surface area contributed by atoms with E-state index in [1.165, 1.54) is 5.56 Å². The lowest BCUT2D eigenvalue weighted by molar-refractivity contribution is -0.133. The van der Waals surface area contributed by atoms with Gasteiger partial charge in [-0.1, -0.05) is 23.7 Å². The maximum Gasteiger partial charge on any atom is 0.226 e. The van der Waals surface area contributed by atoms with Crippen molar-refractivity contribution < 1.29 is 4.79 Å². The van der Waals surface area contributed by atoms with Crippen LogP contribution < -0.4 is 5.32 Å². The molecule has 1 saturated heterocycles. The number of likely N-dealkylation sites (tertiary alicyclic amines) is 1. The molecule has 2 aliphatic rings. The summed E-state index contributed by atoms with van der Waals surface area (Å²) in [6.45, 7) is 1.82. The van der Waals surface area contributed by atoms with Gasteiger partial charge in [0.25, 0.3) is 0 Å². The number of carbonyl (C=O) groups excluding carboxylic acids is 1. The van der Waals surface area contributed by atoms with Crippen molar-refractivity contribution in [3.8, 4) is 0 Å². The predicted octanol–water partition coefficient (Wildman–Crippen LogP) is 2.65. The van der Waals surface area contributed by atoms with E-state index in [1.807, 2.05) is 25.2 Å². The van der Waals surface area contributed by atoms with Gasteiger partial charge in [-0.05, 0) is 49.9 Å². The number of hydrogen-bond acceptors (Lipinski definition) is 2. The second-order valence-electron chi connectivity index (χ2n) is 5.89. The zero-order valence-corrected chi connectivity index (χ0v) is 12.6. The second kappa shape index (κ2) is 5.74. The summed E-state index contributed by atoms with van der Waals surface area (Å²) in [5.74, 6) is 0.885. The number of halogens is 1. The van der Waals surface area contributed by atoms with E-state index < -0.39 is 0 Å². The Hall–Kier alpha value is -1.06. The molecule has 1 heterocycles. The summed E-state index contributed by atoms with van der Waals surface area (Å²) in [6, 6.07) is 8.31. The first-order valence-corrected chi connectivity index (χ1v) is 7.79. The first-order valence-electron chi connectivity index (χ1n) is 7.41. The molecule has 1 N–H and O–H groups in total. The van der Waals surface area contributed by atoms with Crippen molar-refractivity contribution in [3.05, 3.63) is 34.9 Å². The standard InChI is InChI=1S/C16H21ClN2O/c1-18-10-13-6-3-7-19(13)16(20)15-9-14(15)11-4-2-5-12(17)8-11/h2,4-5,8,13-15,18H,3,6-7,9-10H2,1H3.